The lowest BCUT2D eigenvalue weighted by molar-refractivity contribution is 0.475. The van der Waals surface area contributed by atoms with Gasteiger partial charge in [0, 0.05) is 10.4 Å². The van der Waals surface area contributed by atoms with Crippen molar-refractivity contribution in [2.45, 2.75) is 26.2 Å². The van der Waals surface area contributed by atoms with E-state index >= 15 is 0 Å². The molecule has 1 aromatic carbocycles. The molecule has 0 saturated heterocycles. The zero-order chi connectivity index (χ0) is 16.3. The van der Waals surface area contributed by atoms with Gasteiger partial charge in [0.25, 0.3) is 0 Å². The molecule has 0 radical (unpaired) electrons. The monoisotopic (exact) mass is 336 g/mol. The van der Waals surface area contributed by atoms with Gasteiger partial charge in [0.15, 0.2) is 11.5 Å². The molecule has 3 aromatic heterocycles. The van der Waals surface area contributed by atoms with Crippen molar-refractivity contribution in [3.8, 4) is 17.1 Å². The molecular formula is C18H16N4OS. The van der Waals surface area contributed by atoms with Gasteiger partial charge < -0.3 is 5.11 Å². The van der Waals surface area contributed by atoms with Crippen LogP contribution in [0.1, 0.15) is 23.8 Å². The first-order valence-corrected chi connectivity index (χ1v) is 8.96. The Morgan fingerprint density at radius 2 is 2.08 bits per heavy atom. The lowest BCUT2D eigenvalue weighted by atomic mass is 9.89. The van der Waals surface area contributed by atoms with Crippen molar-refractivity contribution in [3.05, 3.63) is 41.0 Å². The van der Waals surface area contributed by atoms with Crippen molar-refractivity contribution in [2.24, 2.45) is 5.92 Å². The molecule has 1 atom stereocenters. The zero-order valence-corrected chi connectivity index (χ0v) is 14.0. The Hall–Kier alpha value is -2.47. The molecular weight excluding hydrogens is 320 g/mol. The molecule has 1 unspecified atom stereocenters. The fourth-order valence-electron chi connectivity index (χ4n) is 3.47. The summed E-state index contributed by atoms with van der Waals surface area (Å²) >= 11 is 1.80. The van der Waals surface area contributed by atoms with E-state index in [0.29, 0.717) is 5.82 Å². The molecule has 3 heterocycles. The Labute approximate surface area is 142 Å². The number of fused-ring (bicyclic) bond motifs is 5. The van der Waals surface area contributed by atoms with Gasteiger partial charge in [0.1, 0.15) is 16.9 Å². The van der Waals surface area contributed by atoms with Crippen LogP contribution in [0.25, 0.3) is 27.3 Å². The summed E-state index contributed by atoms with van der Waals surface area (Å²) in [4.78, 5) is 11.9. The van der Waals surface area contributed by atoms with Crippen LogP contribution in [0.5, 0.6) is 5.75 Å². The molecule has 0 amide bonds. The highest BCUT2D eigenvalue weighted by atomic mass is 32.1. The van der Waals surface area contributed by atoms with E-state index in [1.807, 2.05) is 12.1 Å². The predicted octanol–water partition coefficient (Wildman–Crippen LogP) is 3.84. The molecule has 0 saturated carbocycles. The molecule has 0 fully saturated rings. The van der Waals surface area contributed by atoms with Gasteiger partial charge in [-0.05, 0) is 55.0 Å². The van der Waals surface area contributed by atoms with Crippen LogP contribution in [0.3, 0.4) is 0 Å². The van der Waals surface area contributed by atoms with Crippen molar-refractivity contribution in [1.29, 1.82) is 0 Å². The second kappa shape index (κ2) is 5.01. The van der Waals surface area contributed by atoms with Crippen LogP contribution in [-0.2, 0) is 12.8 Å². The first-order valence-electron chi connectivity index (χ1n) is 8.14. The van der Waals surface area contributed by atoms with E-state index in [0.717, 1.165) is 34.8 Å². The highest BCUT2D eigenvalue weighted by molar-refractivity contribution is 7.19. The second-order valence-electron chi connectivity index (χ2n) is 6.53. The second-order valence-corrected chi connectivity index (χ2v) is 7.61. The van der Waals surface area contributed by atoms with E-state index in [9.17, 15) is 5.11 Å². The SMILES string of the molecule is CC1CCc2c(sc3ncn4nc(-c5ccc(O)cc5)nc4c23)C1. The Morgan fingerprint density at radius 1 is 1.25 bits per heavy atom. The molecule has 120 valence electrons. The molecule has 24 heavy (non-hydrogen) atoms. The summed E-state index contributed by atoms with van der Waals surface area (Å²) in [6.45, 7) is 2.32. The van der Waals surface area contributed by atoms with Crippen LogP contribution in [-0.4, -0.2) is 24.7 Å². The molecule has 1 N–H and O–H groups in total. The summed E-state index contributed by atoms with van der Waals surface area (Å²) in [5.41, 5.74) is 3.19. The molecule has 0 bridgehead atoms. The lowest BCUT2D eigenvalue weighted by Gasteiger charge is -2.17. The molecule has 0 aliphatic heterocycles. The third kappa shape index (κ3) is 2.03. The van der Waals surface area contributed by atoms with Crippen LogP contribution < -0.4 is 0 Å². The first-order chi connectivity index (χ1) is 11.7. The summed E-state index contributed by atoms with van der Waals surface area (Å²) in [5, 5.41) is 15.2. The van der Waals surface area contributed by atoms with Gasteiger partial charge in [0.2, 0.25) is 0 Å². The van der Waals surface area contributed by atoms with Crippen molar-refractivity contribution in [1.82, 2.24) is 19.6 Å². The minimum atomic E-state index is 0.243. The quantitative estimate of drug-likeness (QED) is 0.574. The number of aromatic hydroxyl groups is 1. The molecule has 1 aliphatic carbocycles. The van der Waals surface area contributed by atoms with Gasteiger partial charge in [0.05, 0.1) is 5.39 Å². The van der Waals surface area contributed by atoms with Gasteiger partial charge >= 0.3 is 0 Å². The Balaban J connectivity index is 1.74. The smallest absolute Gasteiger partial charge is 0.182 e. The molecule has 4 aromatic rings. The average Bonchev–Trinajstić information content (AvgIpc) is 3.15. The molecule has 5 nitrogen and oxygen atoms in total. The lowest BCUT2D eigenvalue weighted by Crippen LogP contribution is -2.08. The number of phenolic OH excluding ortho intramolecular Hbond substituents is 1. The normalized spacial score (nSPS) is 17.5. The van der Waals surface area contributed by atoms with Gasteiger partial charge in [-0.15, -0.1) is 16.4 Å². The topological polar surface area (TPSA) is 63.3 Å². The highest BCUT2D eigenvalue weighted by Crippen LogP contribution is 2.38. The van der Waals surface area contributed by atoms with Crippen LogP contribution in [0, 0.1) is 5.92 Å². The third-order valence-electron chi connectivity index (χ3n) is 4.76. The van der Waals surface area contributed by atoms with Gasteiger partial charge in [-0.3, -0.25) is 0 Å². The summed E-state index contributed by atoms with van der Waals surface area (Å²) in [6.07, 6.45) is 5.21. The van der Waals surface area contributed by atoms with Gasteiger partial charge in [-0.2, -0.15) is 0 Å². The van der Waals surface area contributed by atoms with Crippen LogP contribution >= 0.6 is 11.3 Å². The molecule has 5 rings (SSSR count). The summed E-state index contributed by atoms with van der Waals surface area (Å²) in [7, 11) is 0. The first kappa shape index (κ1) is 13.9. The number of thiophene rings is 1. The van der Waals surface area contributed by atoms with Gasteiger partial charge in [-0.25, -0.2) is 14.5 Å². The minimum absolute atomic E-state index is 0.243. The zero-order valence-electron chi connectivity index (χ0n) is 13.2. The Kier molecular flexibility index (Phi) is 2.91. The van der Waals surface area contributed by atoms with Crippen LogP contribution in [0.15, 0.2) is 30.6 Å². The van der Waals surface area contributed by atoms with E-state index in [-0.39, 0.29) is 5.75 Å². The summed E-state index contributed by atoms with van der Waals surface area (Å²) in [6, 6.07) is 6.98. The maximum Gasteiger partial charge on any atom is 0.182 e. The number of aromatic nitrogens is 4. The third-order valence-corrected chi connectivity index (χ3v) is 5.92. The maximum atomic E-state index is 9.46. The van der Waals surface area contributed by atoms with Crippen molar-refractivity contribution in [3.63, 3.8) is 0 Å². The Bertz CT molecular complexity index is 1060. The van der Waals surface area contributed by atoms with Crippen LogP contribution in [0.2, 0.25) is 0 Å². The van der Waals surface area contributed by atoms with E-state index in [2.05, 4.69) is 17.0 Å². The summed E-state index contributed by atoms with van der Waals surface area (Å²) < 4.78 is 1.77. The van der Waals surface area contributed by atoms with E-state index in [1.54, 1.807) is 34.3 Å². The Morgan fingerprint density at radius 3 is 2.92 bits per heavy atom. The minimum Gasteiger partial charge on any atom is -0.508 e. The molecule has 1 aliphatic rings. The summed E-state index contributed by atoms with van der Waals surface area (Å²) in [5.74, 6) is 1.65. The average molecular weight is 336 g/mol. The number of rotatable bonds is 1. The standard InChI is InChI=1S/C18H16N4OS/c1-10-2-7-13-14(8-10)24-18-15(13)17-20-16(21-22(17)9-19-18)11-3-5-12(23)6-4-11/h3-6,9-10,23H,2,7-8H2,1H3. The van der Waals surface area contributed by atoms with Crippen LogP contribution in [0.4, 0.5) is 0 Å². The van der Waals surface area contributed by atoms with E-state index < -0.39 is 0 Å². The number of nitrogens with zero attached hydrogens (tertiary/aromatic N) is 4. The number of phenols is 1. The fraction of sp³-hybridized carbons (Fsp3) is 0.278. The molecule has 0 spiro atoms. The highest BCUT2D eigenvalue weighted by Gasteiger charge is 2.23. The number of aryl methyl sites for hydroxylation is 1. The maximum absolute atomic E-state index is 9.46. The predicted molar refractivity (Wildman–Crippen MR) is 94.5 cm³/mol. The van der Waals surface area contributed by atoms with Crippen molar-refractivity contribution in [2.75, 3.05) is 0 Å². The fourth-order valence-corrected chi connectivity index (χ4v) is 4.82. The van der Waals surface area contributed by atoms with E-state index in [1.165, 1.54) is 22.2 Å². The van der Waals surface area contributed by atoms with Gasteiger partial charge in [-0.1, -0.05) is 6.92 Å². The largest absolute Gasteiger partial charge is 0.508 e. The number of hydrogen-bond acceptors (Lipinski definition) is 5. The number of benzene rings is 1. The van der Waals surface area contributed by atoms with Crippen molar-refractivity contribution < 1.29 is 5.11 Å². The molecule has 6 heteroatoms. The van der Waals surface area contributed by atoms with Crippen molar-refractivity contribution >= 4 is 27.2 Å². The van der Waals surface area contributed by atoms with E-state index in [4.69, 9.17) is 4.98 Å². The number of hydrogen-bond donors (Lipinski definition) is 1.